The molecule has 0 saturated heterocycles. The van der Waals surface area contributed by atoms with Gasteiger partial charge in [-0.3, -0.25) is 9.97 Å². The molecule has 1 aromatic carbocycles. The average Bonchev–Trinajstić information content (AvgIpc) is 3.53. The van der Waals surface area contributed by atoms with Gasteiger partial charge in [-0.25, -0.2) is 13.2 Å². The number of nitrogens with zero attached hydrogens (tertiary/aromatic N) is 2. The van der Waals surface area contributed by atoms with E-state index in [0.29, 0.717) is 16.9 Å². The summed E-state index contributed by atoms with van der Waals surface area (Å²) >= 11 is 0. The number of hydrogen-bond donors (Lipinski definition) is 2. The third-order valence-corrected chi connectivity index (χ3v) is 5.65. The third-order valence-electron chi connectivity index (χ3n) is 5.65. The maximum Gasteiger partial charge on any atom is 0.266 e. The van der Waals surface area contributed by atoms with Crippen LogP contribution < -0.4 is 5.32 Å². The first-order chi connectivity index (χ1) is 13.8. The zero-order valence-electron chi connectivity index (χ0n) is 16.2. The van der Waals surface area contributed by atoms with E-state index in [9.17, 15) is 18.3 Å². The Morgan fingerprint density at radius 1 is 1.17 bits per heavy atom. The molecule has 7 heteroatoms. The summed E-state index contributed by atoms with van der Waals surface area (Å²) in [4.78, 5) is 8.68. The molecule has 3 aromatic rings. The lowest BCUT2D eigenvalue weighted by molar-refractivity contribution is 0.0288. The van der Waals surface area contributed by atoms with E-state index in [1.165, 1.54) is 12.1 Å². The number of nitrogens with one attached hydrogen (secondary N) is 1. The van der Waals surface area contributed by atoms with E-state index in [4.69, 9.17) is 0 Å². The minimum atomic E-state index is -2.87. The molecule has 2 aromatic heterocycles. The first kappa shape index (κ1) is 19.6. The van der Waals surface area contributed by atoms with Crippen LogP contribution in [-0.4, -0.2) is 15.1 Å². The van der Waals surface area contributed by atoms with Gasteiger partial charge in [0, 0.05) is 22.8 Å². The van der Waals surface area contributed by atoms with Crippen LogP contribution in [-0.2, 0) is 5.60 Å². The summed E-state index contributed by atoms with van der Waals surface area (Å²) in [7, 11) is 0. The highest BCUT2D eigenvalue weighted by Gasteiger charge is 2.42. The lowest BCUT2D eigenvalue weighted by Gasteiger charge is -2.23. The maximum absolute atomic E-state index is 14.5. The van der Waals surface area contributed by atoms with Crippen LogP contribution in [0.3, 0.4) is 0 Å². The van der Waals surface area contributed by atoms with Crippen molar-refractivity contribution in [2.24, 2.45) is 5.92 Å². The average molecular weight is 401 g/mol. The number of alkyl halides is 2. The van der Waals surface area contributed by atoms with Gasteiger partial charge >= 0.3 is 0 Å². The van der Waals surface area contributed by atoms with Gasteiger partial charge < -0.3 is 10.4 Å². The lowest BCUT2D eigenvalue weighted by Crippen LogP contribution is -2.25. The summed E-state index contributed by atoms with van der Waals surface area (Å²) < 4.78 is 40.6. The predicted molar refractivity (Wildman–Crippen MR) is 105 cm³/mol. The summed E-state index contributed by atoms with van der Waals surface area (Å²) in [6, 6.07) is 6.99. The van der Waals surface area contributed by atoms with Gasteiger partial charge in [0.2, 0.25) is 0 Å². The second-order valence-corrected chi connectivity index (χ2v) is 7.78. The van der Waals surface area contributed by atoms with Gasteiger partial charge in [-0.2, -0.15) is 0 Å². The van der Waals surface area contributed by atoms with Gasteiger partial charge in [0.15, 0.2) is 0 Å². The quantitative estimate of drug-likeness (QED) is 0.573. The molecule has 1 unspecified atom stereocenters. The van der Waals surface area contributed by atoms with Crippen molar-refractivity contribution in [3.63, 3.8) is 0 Å². The maximum atomic E-state index is 14.5. The van der Waals surface area contributed by atoms with Crippen LogP contribution in [0.25, 0.3) is 10.9 Å². The van der Waals surface area contributed by atoms with Crippen LogP contribution in [0.2, 0.25) is 0 Å². The molecule has 4 rings (SSSR count). The second-order valence-electron chi connectivity index (χ2n) is 7.78. The van der Waals surface area contributed by atoms with E-state index < -0.39 is 29.4 Å². The fourth-order valence-corrected chi connectivity index (χ4v) is 3.69. The monoisotopic (exact) mass is 401 g/mol. The Hall–Kier alpha value is -2.67. The highest BCUT2D eigenvalue weighted by molar-refractivity contribution is 5.91. The van der Waals surface area contributed by atoms with Crippen molar-refractivity contribution in [3.05, 3.63) is 65.4 Å². The van der Waals surface area contributed by atoms with E-state index in [0.717, 1.165) is 24.3 Å². The predicted octanol–water partition coefficient (Wildman–Crippen LogP) is 5.50. The molecule has 2 atom stereocenters. The topological polar surface area (TPSA) is 58.0 Å². The van der Waals surface area contributed by atoms with E-state index in [1.54, 1.807) is 38.4 Å². The van der Waals surface area contributed by atoms with Crippen LogP contribution in [0, 0.1) is 11.7 Å². The summed E-state index contributed by atoms with van der Waals surface area (Å²) in [6.45, 7) is 3.47. The third kappa shape index (κ3) is 3.67. The van der Waals surface area contributed by atoms with E-state index in [1.807, 2.05) is 0 Å². The summed E-state index contributed by atoms with van der Waals surface area (Å²) in [5.41, 5.74) is 0.376. The molecule has 0 radical (unpaired) electrons. The number of aromatic nitrogens is 2. The Morgan fingerprint density at radius 3 is 2.59 bits per heavy atom. The Labute approximate surface area is 166 Å². The molecule has 2 N–H and O–H groups in total. The molecule has 0 amide bonds. The van der Waals surface area contributed by atoms with Gasteiger partial charge in [0.25, 0.3) is 6.43 Å². The van der Waals surface area contributed by atoms with Crippen molar-refractivity contribution >= 4 is 16.6 Å². The number of hydrogen-bond acceptors (Lipinski definition) is 4. The van der Waals surface area contributed by atoms with Gasteiger partial charge in [0.05, 0.1) is 29.0 Å². The van der Waals surface area contributed by atoms with Crippen molar-refractivity contribution < 1.29 is 18.3 Å². The summed E-state index contributed by atoms with van der Waals surface area (Å²) in [5.74, 6) is -0.717. The van der Waals surface area contributed by atoms with Crippen LogP contribution in [0.1, 0.15) is 56.0 Å². The standard InChI is InChI=1S/C22H22F3N3O/c1-12(14-4-3-5-15(20(14)23)21(24)25)28-17-8-9-26-18-11-27-19(10-16(17)18)22(2,29)13-6-7-13/h3-5,8-13,21,29H,6-7H2,1-2H3,(H,26,28)/t12-,22?/m1/s1. The largest absolute Gasteiger partial charge is 0.384 e. The van der Waals surface area contributed by atoms with Crippen molar-refractivity contribution in [2.75, 3.05) is 5.32 Å². The smallest absolute Gasteiger partial charge is 0.266 e. The summed E-state index contributed by atoms with van der Waals surface area (Å²) in [6.07, 6.45) is 2.25. The lowest BCUT2D eigenvalue weighted by atomic mass is 9.94. The normalized spacial score (nSPS) is 17.3. The SMILES string of the molecule is C[C@@H](Nc1ccnc2cnc(C(C)(O)C3CC3)cc12)c1cccc(C(F)F)c1F. The number of halogens is 3. The van der Waals surface area contributed by atoms with Gasteiger partial charge in [0.1, 0.15) is 11.4 Å². The number of rotatable bonds is 6. The van der Waals surface area contributed by atoms with E-state index in [2.05, 4.69) is 15.3 Å². The fraction of sp³-hybridized carbons (Fsp3) is 0.364. The zero-order valence-corrected chi connectivity index (χ0v) is 16.2. The molecule has 29 heavy (non-hydrogen) atoms. The van der Waals surface area contributed by atoms with Crippen molar-refractivity contribution in [2.45, 2.75) is 44.8 Å². The highest BCUT2D eigenvalue weighted by atomic mass is 19.3. The van der Waals surface area contributed by atoms with Gasteiger partial charge in [-0.1, -0.05) is 18.2 Å². The Kier molecular flexibility index (Phi) is 4.94. The van der Waals surface area contributed by atoms with E-state index in [-0.39, 0.29) is 11.5 Å². The minimum Gasteiger partial charge on any atom is -0.384 e. The first-order valence-corrected chi connectivity index (χ1v) is 9.59. The molecule has 1 aliphatic rings. The molecule has 1 saturated carbocycles. The van der Waals surface area contributed by atoms with Crippen molar-refractivity contribution in [1.29, 1.82) is 0 Å². The van der Waals surface area contributed by atoms with Gasteiger partial charge in [-0.05, 0) is 44.7 Å². The van der Waals surface area contributed by atoms with Crippen LogP contribution in [0.15, 0.2) is 42.7 Å². The number of fused-ring (bicyclic) bond motifs is 1. The van der Waals surface area contributed by atoms with Gasteiger partial charge in [-0.15, -0.1) is 0 Å². The van der Waals surface area contributed by atoms with Crippen LogP contribution in [0.4, 0.5) is 18.9 Å². The molecule has 1 fully saturated rings. The molecule has 0 aliphatic heterocycles. The van der Waals surface area contributed by atoms with E-state index >= 15 is 0 Å². The Morgan fingerprint density at radius 2 is 1.90 bits per heavy atom. The zero-order chi connectivity index (χ0) is 20.8. The molecule has 2 heterocycles. The second kappa shape index (κ2) is 7.30. The van der Waals surface area contributed by atoms with Crippen molar-refractivity contribution in [1.82, 2.24) is 9.97 Å². The molecule has 0 spiro atoms. The molecule has 4 nitrogen and oxygen atoms in total. The Bertz CT molecular complexity index is 1050. The van der Waals surface area contributed by atoms with Crippen LogP contribution in [0.5, 0.6) is 0 Å². The number of benzene rings is 1. The first-order valence-electron chi connectivity index (χ1n) is 9.59. The molecular formula is C22H22F3N3O. The van der Waals surface area contributed by atoms with Crippen molar-refractivity contribution in [3.8, 4) is 0 Å². The Balaban J connectivity index is 1.70. The number of aliphatic hydroxyl groups is 1. The fourth-order valence-electron chi connectivity index (χ4n) is 3.69. The molecule has 1 aliphatic carbocycles. The van der Waals surface area contributed by atoms with Crippen LogP contribution >= 0.6 is 0 Å². The number of pyridine rings is 2. The highest BCUT2D eigenvalue weighted by Crippen LogP contribution is 2.45. The number of anilines is 1. The summed E-state index contributed by atoms with van der Waals surface area (Å²) in [5, 5.41) is 14.8. The molecular weight excluding hydrogens is 379 g/mol. The molecule has 0 bridgehead atoms. The molecule has 152 valence electrons. The minimum absolute atomic E-state index is 0.159.